The third-order valence-electron chi connectivity index (χ3n) is 2.80. The molecule has 1 atom stereocenters. The molecule has 0 fully saturated rings. The maximum Gasteiger partial charge on any atom is 0.169 e. The molecular formula is C14H22N2OS. The molecule has 0 amide bonds. The average Bonchev–Trinajstić information content (AvgIpc) is 2.32. The van der Waals surface area contributed by atoms with Crippen molar-refractivity contribution >= 4 is 17.3 Å². The van der Waals surface area contributed by atoms with Crippen LogP contribution in [0.1, 0.15) is 18.1 Å². The van der Waals surface area contributed by atoms with Crippen LogP contribution < -0.4 is 5.32 Å². The number of hydrogen-bond acceptors (Lipinski definition) is 2. The van der Waals surface area contributed by atoms with Gasteiger partial charge in [-0.2, -0.15) is 0 Å². The van der Waals surface area contributed by atoms with E-state index in [1.54, 1.807) is 7.11 Å². The van der Waals surface area contributed by atoms with E-state index in [9.17, 15) is 0 Å². The molecule has 100 valence electrons. The van der Waals surface area contributed by atoms with E-state index < -0.39 is 0 Å². The largest absolute Gasteiger partial charge is 0.383 e. The molecule has 0 saturated carbocycles. The first-order chi connectivity index (χ1) is 8.54. The second-order valence-electron chi connectivity index (χ2n) is 4.59. The van der Waals surface area contributed by atoms with Crippen molar-refractivity contribution in [1.29, 1.82) is 0 Å². The molecule has 0 saturated heterocycles. The van der Waals surface area contributed by atoms with Gasteiger partial charge in [0.15, 0.2) is 5.11 Å². The zero-order valence-electron chi connectivity index (χ0n) is 11.6. The Morgan fingerprint density at radius 3 is 2.72 bits per heavy atom. The second kappa shape index (κ2) is 7.34. The van der Waals surface area contributed by atoms with E-state index in [4.69, 9.17) is 17.0 Å². The summed E-state index contributed by atoms with van der Waals surface area (Å²) >= 11 is 5.37. The molecule has 1 aromatic carbocycles. The van der Waals surface area contributed by atoms with E-state index in [-0.39, 0.29) is 6.04 Å². The minimum absolute atomic E-state index is 0.224. The van der Waals surface area contributed by atoms with Crippen LogP contribution in [0, 0.1) is 6.92 Å². The number of hydrogen-bond donors (Lipinski definition) is 1. The third kappa shape index (κ3) is 4.63. The highest BCUT2D eigenvalue weighted by Crippen LogP contribution is 2.09. The number of rotatable bonds is 5. The zero-order valence-corrected chi connectivity index (χ0v) is 12.4. The monoisotopic (exact) mass is 266 g/mol. The molecule has 0 radical (unpaired) electrons. The van der Waals surface area contributed by atoms with Crippen LogP contribution in [0.15, 0.2) is 24.3 Å². The SMILES string of the molecule is COCC(C)NC(=S)N(C)Cc1ccccc1C. The topological polar surface area (TPSA) is 24.5 Å². The van der Waals surface area contributed by atoms with Gasteiger partial charge >= 0.3 is 0 Å². The van der Waals surface area contributed by atoms with Crippen LogP contribution in [0.4, 0.5) is 0 Å². The molecule has 4 heteroatoms. The van der Waals surface area contributed by atoms with Gasteiger partial charge in [-0.25, -0.2) is 0 Å². The van der Waals surface area contributed by atoms with Crippen molar-refractivity contribution in [2.75, 3.05) is 20.8 Å². The van der Waals surface area contributed by atoms with Crippen molar-refractivity contribution in [3.05, 3.63) is 35.4 Å². The molecule has 0 bridgehead atoms. The number of nitrogens with zero attached hydrogens (tertiary/aromatic N) is 1. The van der Waals surface area contributed by atoms with E-state index in [0.717, 1.165) is 11.7 Å². The van der Waals surface area contributed by atoms with Crippen molar-refractivity contribution in [3.63, 3.8) is 0 Å². The maximum atomic E-state index is 5.37. The minimum Gasteiger partial charge on any atom is -0.383 e. The zero-order chi connectivity index (χ0) is 13.5. The number of thiocarbonyl (C=S) groups is 1. The van der Waals surface area contributed by atoms with Crippen molar-refractivity contribution < 1.29 is 4.74 Å². The average molecular weight is 266 g/mol. The first kappa shape index (κ1) is 14.9. The van der Waals surface area contributed by atoms with Crippen molar-refractivity contribution in [3.8, 4) is 0 Å². The van der Waals surface area contributed by atoms with Crippen LogP contribution >= 0.6 is 12.2 Å². The lowest BCUT2D eigenvalue weighted by Crippen LogP contribution is -2.43. The Morgan fingerprint density at radius 1 is 1.44 bits per heavy atom. The molecule has 0 aromatic heterocycles. The Morgan fingerprint density at radius 2 is 2.11 bits per heavy atom. The van der Waals surface area contributed by atoms with Gasteiger partial charge in [-0.1, -0.05) is 24.3 Å². The number of methoxy groups -OCH3 is 1. The highest BCUT2D eigenvalue weighted by atomic mass is 32.1. The van der Waals surface area contributed by atoms with Crippen LogP contribution in [-0.4, -0.2) is 36.8 Å². The predicted molar refractivity (Wildman–Crippen MR) is 79.7 cm³/mol. The molecule has 1 rings (SSSR count). The normalized spacial score (nSPS) is 12.0. The fourth-order valence-electron chi connectivity index (χ4n) is 1.73. The number of aryl methyl sites for hydroxylation is 1. The summed E-state index contributed by atoms with van der Waals surface area (Å²) in [5, 5.41) is 4.01. The highest BCUT2D eigenvalue weighted by Gasteiger charge is 2.09. The van der Waals surface area contributed by atoms with Crippen LogP contribution in [0.2, 0.25) is 0 Å². The molecule has 0 aliphatic heterocycles. The van der Waals surface area contributed by atoms with Crippen LogP contribution in [0.5, 0.6) is 0 Å². The molecule has 1 N–H and O–H groups in total. The molecule has 0 aliphatic rings. The maximum absolute atomic E-state index is 5.37. The van der Waals surface area contributed by atoms with Gasteiger partial charge in [-0.05, 0) is 37.2 Å². The molecular weight excluding hydrogens is 244 g/mol. The molecule has 18 heavy (non-hydrogen) atoms. The van der Waals surface area contributed by atoms with Crippen molar-refractivity contribution in [2.45, 2.75) is 26.4 Å². The van der Waals surface area contributed by atoms with Gasteiger partial charge in [0.1, 0.15) is 0 Å². The van der Waals surface area contributed by atoms with Crippen LogP contribution in [0.25, 0.3) is 0 Å². The summed E-state index contributed by atoms with van der Waals surface area (Å²) in [6, 6.07) is 8.58. The first-order valence-corrected chi connectivity index (χ1v) is 6.50. The summed E-state index contributed by atoms with van der Waals surface area (Å²) in [6.45, 7) is 5.64. The molecule has 0 aliphatic carbocycles. The summed E-state index contributed by atoms with van der Waals surface area (Å²) < 4.78 is 5.08. The van der Waals surface area contributed by atoms with E-state index in [1.165, 1.54) is 11.1 Å². The molecule has 0 spiro atoms. The number of benzene rings is 1. The fraction of sp³-hybridized carbons (Fsp3) is 0.500. The summed E-state index contributed by atoms with van der Waals surface area (Å²) in [6.07, 6.45) is 0. The third-order valence-corrected chi connectivity index (χ3v) is 3.23. The minimum atomic E-state index is 0.224. The van der Waals surface area contributed by atoms with Gasteiger partial charge in [0.05, 0.1) is 6.61 Å². The Kier molecular flexibility index (Phi) is 6.09. The van der Waals surface area contributed by atoms with E-state index in [1.807, 2.05) is 11.9 Å². The Bertz CT molecular complexity index is 395. The summed E-state index contributed by atoms with van der Waals surface area (Å²) in [5.74, 6) is 0. The smallest absolute Gasteiger partial charge is 0.169 e. The quantitative estimate of drug-likeness (QED) is 0.827. The van der Waals surface area contributed by atoms with Gasteiger partial charge < -0.3 is 15.0 Å². The fourth-order valence-corrected chi connectivity index (χ4v) is 1.99. The molecule has 0 heterocycles. The lowest BCUT2D eigenvalue weighted by atomic mass is 10.1. The Hall–Kier alpha value is -1.13. The highest BCUT2D eigenvalue weighted by molar-refractivity contribution is 7.80. The van der Waals surface area contributed by atoms with Crippen LogP contribution in [0.3, 0.4) is 0 Å². The second-order valence-corrected chi connectivity index (χ2v) is 4.98. The number of ether oxygens (including phenoxy) is 1. The Balaban J connectivity index is 2.52. The predicted octanol–water partition coefficient (Wildman–Crippen LogP) is 2.34. The molecule has 1 aromatic rings. The van der Waals surface area contributed by atoms with Gasteiger partial charge in [0.2, 0.25) is 0 Å². The molecule has 1 unspecified atom stereocenters. The number of nitrogens with one attached hydrogen (secondary N) is 1. The van der Waals surface area contributed by atoms with Gasteiger partial charge in [-0.3, -0.25) is 0 Å². The Labute approximate surface area is 115 Å². The van der Waals surface area contributed by atoms with Gasteiger partial charge in [-0.15, -0.1) is 0 Å². The van der Waals surface area contributed by atoms with Gasteiger partial charge in [0.25, 0.3) is 0 Å². The summed E-state index contributed by atoms with van der Waals surface area (Å²) in [7, 11) is 3.69. The van der Waals surface area contributed by atoms with Crippen LogP contribution in [-0.2, 0) is 11.3 Å². The van der Waals surface area contributed by atoms with Crippen molar-refractivity contribution in [2.24, 2.45) is 0 Å². The first-order valence-electron chi connectivity index (χ1n) is 6.09. The lowest BCUT2D eigenvalue weighted by molar-refractivity contribution is 0.178. The van der Waals surface area contributed by atoms with Crippen molar-refractivity contribution in [1.82, 2.24) is 10.2 Å². The summed E-state index contributed by atoms with van der Waals surface area (Å²) in [4.78, 5) is 2.05. The lowest BCUT2D eigenvalue weighted by Gasteiger charge is -2.24. The summed E-state index contributed by atoms with van der Waals surface area (Å²) in [5.41, 5.74) is 2.58. The van der Waals surface area contributed by atoms with E-state index >= 15 is 0 Å². The van der Waals surface area contributed by atoms with E-state index in [2.05, 4.69) is 43.4 Å². The van der Waals surface area contributed by atoms with E-state index in [0.29, 0.717) is 6.61 Å². The van der Waals surface area contributed by atoms with Gasteiger partial charge in [0, 0.05) is 26.7 Å². The molecule has 3 nitrogen and oxygen atoms in total. The standard InChI is InChI=1S/C14H22N2OS/c1-11-7-5-6-8-13(11)9-16(3)14(18)15-12(2)10-17-4/h5-8,12H,9-10H2,1-4H3,(H,15,18).